The summed E-state index contributed by atoms with van der Waals surface area (Å²) in [5, 5.41) is 12.8. The van der Waals surface area contributed by atoms with E-state index < -0.39 is 0 Å². The molecule has 1 amide bonds. The quantitative estimate of drug-likeness (QED) is 0.339. The number of furan rings is 1. The Morgan fingerprint density at radius 1 is 1.33 bits per heavy atom. The second kappa shape index (κ2) is 8.83. The number of nitrogens with zero attached hydrogens (tertiary/aromatic N) is 4. The van der Waals surface area contributed by atoms with Crippen LogP contribution < -0.4 is 10.1 Å². The number of hydrogen-bond acceptors (Lipinski definition) is 7. The summed E-state index contributed by atoms with van der Waals surface area (Å²) in [6.07, 6.45) is 4.99. The number of allylic oxidation sites excluding steroid dienone is 1. The molecule has 30 heavy (non-hydrogen) atoms. The van der Waals surface area contributed by atoms with Gasteiger partial charge in [0, 0.05) is 18.1 Å². The van der Waals surface area contributed by atoms with Gasteiger partial charge in [0.15, 0.2) is 22.2 Å². The van der Waals surface area contributed by atoms with Crippen molar-refractivity contribution in [3.63, 3.8) is 0 Å². The van der Waals surface area contributed by atoms with E-state index in [1.807, 2.05) is 28.8 Å². The van der Waals surface area contributed by atoms with E-state index in [-0.39, 0.29) is 11.7 Å². The van der Waals surface area contributed by atoms with E-state index in [1.54, 1.807) is 37.7 Å². The molecule has 4 rings (SSSR count). The zero-order valence-corrected chi connectivity index (χ0v) is 17.1. The fourth-order valence-corrected chi connectivity index (χ4v) is 3.69. The third-order valence-electron chi connectivity index (χ3n) is 4.25. The van der Waals surface area contributed by atoms with Crippen LogP contribution in [0.5, 0.6) is 5.75 Å². The smallest absolute Gasteiger partial charge is 0.234 e. The van der Waals surface area contributed by atoms with Crippen molar-refractivity contribution in [2.45, 2.75) is 11.7 Å². The summed E-state index contributed by atoms with van der Waals surface area (Å²) in [4.78, 5) is 16.2. The van der Waals surface area contributed by atoms with Crippen molar-refractivity contribution in [1.82, 2.24) is 19.7 Å². The van der Waals surface area contributed by atoms with E-state index >= 15 is 0 Å². The number of benzene rings is 1. The number of hydrogen-bond donors (Lipinski definition) is 1. The average Bonchev–Trinajstić information content (AvgIpc) is 3.37. The molecule has 0 aliphatic carbocycles. The normalized spacial score (nSPS) is 10.8. The minimum Gasteiger partial charge on any atom is -0.493 e. The van der Waals surface area contributed by atoms with Crippen molar-refractivity contribution in [2.24, 2.45) is 0 Å². The first-order valence-electron chi connectivity index (χ1n) is 9.13. The Morgan fingerprint density at radius 3 is 3.00 bits per heavy atom. The van der Waals surface area contributed by atoms with Gasteiger partial charge in [0.25, 0.3) is 0 Å². The molecular weight excluding hydrogens is 402 g/mol. The van der Waals surface area contributed by atoms with Crippen molar-refractivity contribution in [3.8, 4) is 17.3 Å². The number of para-hydroxylation sites is 1. The number of thioether (sulfide) groups is 1. The largest absolute Gasteiger partial charge is 0.493 e. The van der Waals surface area contributed by atoms with Crippen molar-refractivity contribution >= 4 is 34.3 Å². The third kappa shape index (κ3) is 4.06. The molecule has 1 N–H and O–H groups in total. The lowest BCUT2D eigenvalue weighted by atomic mass is 10.2. The van der Waals surface area contributed by atoms with Crippen molar-refractivity contribution in [3.05, 3.63) is 61.4 Å². The van der Waals surface area contributed by atoms with Crippen LogP contribution in [0.25, 0.3) is 22.6 Å². The molecule has 0 bridgehead atoms. The van der Waals surface area contributed by atoms with Crippen molar-refractivity contribution < 1.29 is 13.9 Å². The summed E-state index contributed by atoms with van der Waals surface area (Å²) in [6.45, 7) is 4.29. The molecule has 0 aliphatic heterocycles. The zero-order valence-electron chi connectivity index (χ0n) is 16.2. The number of ether oxygens (including phenoxy) is 1. The molecule has 0 fully saturated rings. The van der Waals surface area contributed by atoms with Gasteiger partial charge < -0.3 is 14.5 Å². The summed E-state index contributed by atoms with van der Waals surface area (Å²) < 4.78 is 13.2. The molecule has 0 aliphatic rings. The molecule has 0 atom stereocenters. The Kier molecular flexibility index (Phi) is 5.80. The lowest BCUT2D eigenvalue weighted by molar-refractivity contribution is -0.113. The predicted molar refractivity (Wildman–Crippen MR) is 116 cm³/mol. The SMILES string of the molecule is C=CCn1c(SCC(=O)Nc2cccnc2)nnc1-c1cc2cccc(OC)c2o1. The van der Waals surface area contributed by atoms with Crippen LogP contribution in [0, 0.1) is 0 Å². The number of methoxy groups -OCH3 is 1. The first-order valence-corrected chi connectivity index (χ1v) is 10.1. The number of carbonyl (C=O) groups excluding carboxylic acids is 1. The molecule has 8 nitrogen and oxygen atoms in total. The fraction of sp³-hybridized carbons (Fsp3) is 0.143. The van der Waals surface area contributed by atoms with Crippen LogP contribution >= 0.6 is 11.8 Å². The van der Waals surface area contributed by atoms with Gasteiger partial charge in [-0.1, -0.05) is 30.0 Å². The molecule has 9 heteroatoms. The zero-order chi connectivity index (χ0) is 20.9. The third-order valence-corrected chi connectivity index (χ3v) is 5.22. The lowest BCUT2D eigenvalue weighted by Crippen LogP contribution is -2.14. The van der Waals surface area contributed by atoms with Crippen molar-refractivity contribution in [2.75, 3.05) is 18.2 Å². The van der Waals surface area contributed by atoms with Gasteiger partial charge in [0.1, 0.15) is 0 Å². The highest BCUT2D eigenvalue weighted by molar-refractivity contribution is 7.99. The van der Waals surface area contributed by atoms with Crippen LogP contribution in [0.3, 0.4) is 0 Å². The molecule has 0 saturated carbocycles. The van der Waals surface area contributed by atoms with Gasteiger partial charge in [-0.15, -0.1) is 16.8 Å². The maximum Gasteiger partial charge on any atom is 0.234 e. The summed E-state index contributed by atoms with van der Waals surface area (Å²) in [5.74, 6) is 1.79. The van der Waals surface area contributed by atoms with E-state index in [1.165, 1.54) is 11.8 Å². The van der Waals surface area contributed by atoms with Gasteiger partial charge in [-0.3, -0.25) is 14.3 Å². The molecule has 0 radical (unpaired) electrons. The minimum atomic E-state index is -0.156. The molecule has 3 aromatic heterocycles. The summed E-state index contributed by atoms with van der Waals surface area (Å²) in [6, 6.07) is 11.1. The van der Waals surface area contributed by atoms with Crippen LogP contribution in [-0.4, -0.2) is 38.5 Å². The molecule has 0 unspecified atom stereocenters. The molecule has 0 spiro atoms. The van der Waals surface area contributed by atoms with E-state index in [9.17, 15) is 4.79 Å². The Hall–Kier alpha value is -3.59. The lowest BCUT2D eigenvalue weighted by Gasteiger charge is -2.07. The van der Waals surface area contributed by atoms with Crippen LogP contribution in [0.4, 0.5) is 5.69 Å². The Morgan fingerprint density at radius 2 is 2.23 bits per heavy atom. The highest BCUT2D eigenvalue weighted by Gasteiger charge is 2.19. The first kappa shape index (κ1) is 19.7. The molecular formula is C21H19N5O3S. The maximum atomic E-state index is 12.2. The second-order valence-corrected chi connectivity index (χ2v) is 7.22. The Bertz CT molecular complexity index is 1190. The second-order valence-electron chi connectivity index (χ2n) is 6.27. The van der Waals surface area contributed by atoms with Gasteiger partial charge in [0.2, 0.25) is 11.7 Å². The molecule has 4 aromatic rings. The number of rotatable bonds is 8. The minimum absolute atomic E-state index is 0.156. The maximum absolute atomic E-state index is 12.2. The van der Waals surface area contributed by atoms with Crippen LogP contribution in [0.2, 0.25) is 0 Å². The monoisotopic (exact) mass is 421 g/mol. The first-order chi connectivity index (χ1) is 14.7. The van der Waals surface area contributed by atoms with Crippen LogP contribution in [0.1, 0.15) is 0 Å². The van der Waals surface area contributed by atoms with Gasteiger partial charge >= 0.3 is 0 Å². The number of nitrogens with one attached hydrogen (secondary N) is 1. The van der Waals surface area contributed by atoms with E-state index in [4.69, 9.17) is 9.15 Å². The number of amides is 1. The molecule has 1 aromatic carbocycles. The fourth-order valence-electron chi connectivity index (χ4n) is 2.94. The molecule has 0 saturated heterocycles. The number of pyridine rings is 1. The average molecular weight is 421 g/mol. The van der Waals surface area contributed by atoms with Gasteiger partial charge in [0.05, 0.1) is 24.7 Å². The molecule has 3 heterocycles. The number of carbonyl (C=O) groups is 1. The van der Waals surface area contributed by atoms with Crippen LogP contribution in [0.15, 0.2) is 71.0 Å². The van der Waals surface area contributed by atoms with Crippen LogP contribution in [-0.2, 0) is 11.3 Å². The van der Waals surface area contributed by atoms with Gasteiger partial charge in [-0.05, 0) is 24.3 Å². The highest BCUT2D eigenvalue weighted by atomic mass is 32.2. The topological polar surface area (TPSA) is 95.1 Å². The summed E-state index contributed by atoms with van der Waals surface area (Å²) in [7, 11) is 1.60. The van der Waals surface area contributed by atoms with Gasteiger partial charge in [-0.25, -0.2) is 0 Å². The van der Waals surface area contributed by atoms with Crippen molar-refractivity contribution in [1.29, 1.82) is 0 Å². The predicted octanol–water partition coefficient (Wildman–Crippen LogP) is 4.01. The number of fused-ring (bicyclic) bond motifs is 1. The highest BCUT2D eigenvalue weighted by Crippen LogP contribution is 2.33. The Labute approximate surface area is 177 Å². The van der Waals surface area contributed by atoms with E-state index in [2.05, 4.69) is 27.1 Å². The number of anilines is 1. The van der Waals surface area contributed by atoms with Gasteiger partial charge in [-0.2, -0.15) is 0 Å². The standard InChI is InChI=1S/C21H19N5O3S/c1-3-10-26-20(17-11-14-6-4-8-16(28-2)19(14)29-17)24-25-21(26)30-13-18(27)23-15-7-5-9-22-12-15/h3-9,11-12H,1,10,13H2,2H3,(H,23,27). The summed E-state index contributed by atoms with van der Waals surface area (Å²) in [5.41, 5.74) is 1.29. The molecule has 152 valence electrons. The summed E-state index contributed by atoms with van der Waals surface area (Å²) >= 11 is 1.29. The van der Waals surface area contributed by atoms with E-state index in [0.717, 1.165) is 5.39 Å². The Balaban J connectivity index is 1.56. The van der Waals surface area contributed by atoms with E-state index in [0.29, 0.717) is 40.3 Å². The number of aromatic nitrogens is 4.